The van der Waals surface area contributed by atoms with Crippen molar-refractivity contribution in [2.75, 3.05) is 18.9 Å². The first-order valence-corrected chi connectivity index (χ1v) is 12.4. The van der Waals surface area contributed by atoms with Crippen LogP contribution in [0.2, 0.25) is 5.02 Å². The number of aryl methyl sites for hydroxylation is 1. The number of halogens is 4. The average molecular weight is 554 g/mol. The Kier molecular flexibility index (Phi) is 10.1. The van der Waals surface area contributed by atoms with E-state index in [1.54, 1.807) is 36.4 Å². The summed E-state index contributed by atoms with van der Waals surface area (Å²) in [5.74, 6) is 0. The number of anilines is 1. The minimum absolute atomic E-state index is 0.0277. The quantitative estimate of drug-likeness (QED) is 0.367. The first kappa shape index (κ1) is 29.6. The van der Waals surface area contributed by atoms with Crippen molar-refractivity contribution in [1.82, 2.24) is 4.90 Å². The zero-order valence-corrected chi connectivity index (χ0v) is 21.3. The highest BCUT2D eigenvalue weighted by Crippen LogP contribution is 2.33. The normalized spacial score (nSPS) is 11.1. The second-order valence-electron chi connectivity index (χ2n) is 7.92. The van der Waals surface area contributed by atoms with Crippen LogP contribution in [0.25, 0.3) is 0 Å². The molecule has 2 N–H and O–H groups in total. The lowest BCUT2D eigenvalue weighted by atomic mass is 10.1. The Morgan fingerprint density at radius 1 is 1.08 bits per heavy atom. The molecule has 2 amide bonds. The number of nitriles is 1. The SMILES string of the molecule is CN(CCc1ccc(C#N)cc1)C(=O)Nc1cc(Cl)cc(C(F)(F)F)c1.Cc1ccc(S(=O)(=O)O)cc1. The van der Waals surface area contributed by atoms with Crippen LogP contribution in [0.1, 0.15) is 22.3 Å². The van der Waals surface area contributed by atoms with Crippen LogP contribution in [0, 0.1) is 18.3 Å². The number of rotatable bonds is 5. The standard InChI is InChI=1S/C18H15ClF3N3O.C7H8O3S/c1-25(7-6-12-2-4-13(11-23)5-3-12)17(26)24-16-9-14(18(20,21)22)8-15(19)10-16;1-6-2-4-7(5-3-6)11(8,9)10/h2-5,8-10H,6-7H2,1H3,(H,24,26);2-5H,1H3,(H,8,9,10). The van der Waals surface area contributed by atoms with E-state index in [2.05, 4.69) is 5.32 Å². The highest BCUT2D eigenvalue weighted by atomic mass is 35.5. The second-order valence-corrected chi connectivity index (χ2v) is 9.78. The van der Waals surface area contributed by atoms with Gasteiger partial charge in [0.05, 0.1) is 22.1 Å². The number of amides is 2. The molecule has 0 aliphatic carbocycles. The molecule has 0 saturated heterocycles. The topological polar surface area (TPSA) is 111 Å². The maximum atomic E-state index is 12.8. The third kappa shape index (κ3) is 9.76. The first-order valence-electron chi connectivity index (χ1n) is 10.6. The van der Waals surface area contributed by atoms with Gasteiger partial charge in [0.1, 0.15) is 0 Å². The van der Waals surface area contributed by atoms with Gasteiger partial charge in [0.2, 0.25) is 0 Å². The molecule has 3 aromatic carbocycles. The van der Waals surface area contributed by atoms with Gasteiger partial charge in [0, 0.05) is 24.3 Å². The first-order chi connectivity index (χ1) is 17.2. The van der Waals surface area contributed by atoms with Crippen molar-refractivity contribution in [3.63, 3.8) is 0 Å². The smallest absolute Gasteiger partial charge is 0.327 e. The molecule has 0 aliphatic rings. The van der Waals surface area contributed by atoms with E-state index in [9.17, 15) is 26.4 Å². The van der Waals surface area contributed by atoms with E-state index >= 15 is 0 Å². The Hall–Kier alpha value is -3.59. The molecule has 3 aromatic rings. The van der Waals surface area contributed by atoms with Gasteiger partial charge in [0.25, 0.3) is 10.1 Å². The Morgan fingerprint density at radius 3 is 2.19 bits per heavy atom. The van der Waals surface area contributed by atoms with Crippen molar-refractivity contribution in [2.45, 2.75) is 24.4 Å². The molecule has 196 valence electrons. The fourth-order valence-electron chi connectivity index (χ4n) is 2.90. The molecule has 0 radical (unpaired) electrons. The minimum Gasteiger partial charge on any atom is -0.327 e. The second kappa shape index (κ2) is 12.6. The van der Waals surface area contributed by atoms with Gasteiger partial charge >= 0.3 is 12.2 Å². The summed E-state index contributed by atoms with van der Waals surface area (Å²) in [6.07, 6.45) is -4.01. The van der Waals surface area contributed by atoms with Crippen molar-refractivity contribution >= 4 is 33.4 Å². The van der Waals surface area contributed by atoms with Crippen molar-refractivity contribution in [2.24, 2.45) is 0 Å². The molecule has 0 bridgehead atoms. The monoisotopic (exact) mass is 553 g/mol. The molecule has 0 spiro atoms. The number of nitrogens with one attached hydrogen (secondary N) is 1. The van der Waals surface area contributed by atoms with Crippen LogP contribution in [0.4, 0.5) is 23.7 Å². The van der Waals surface area contributed by atoms with Gasteiger partial charge in [-0.05, 0) is 61.4 Å². The minimum atomic E-state index is -4.55. The number of carbonyl (C=O) groups is 1. The third-order valence-electron chi connectivity index (χ3n) is 4.96. The fourth-order valence-corrected chi connectivity index (χ4v) is 3.61. The van der Waals surface area contributed by atoms with E-state index in [1.807, 2.05) is 13.0 Å². The summed E-state index contributed by atoms with van der Waals surface area (Å²) in [5.41, 5.74) is 1.48. The molecule has 0 unspecified atom stereocenters. The van der Waals surface area contributed by atoms with E-state index in [4.69, 9.17) is 21.4 Å². The maximum absolute atomic E-state index is 12.8. The highest BCUT2D eigenvalue weighted by molar-refractivity contribution is 7.85. The molecule has 0 fully saturated rings. The van der Waals surface area contributed by atoms with Crippen LogP contribution < -0.4 is 5.32 Å². The summed E-state index contributed by atoms with van der Waals surface area (Å²) < 4.78 is 68.0. The molecule has 0 aromatic heterocycles. The largest absolute Gasteiger partial charge is 0.416 e. The van der Waals surface area contributed by atoms with E-state index < -0.39 is 27.9 Å². The van der Waals surface area contributed by atoms with Gasteiger partial charge in [-0.25, -0.2) is 4.79 Å². The van der Waals surface area contributed by atoms with E-state index in [0.717, 1.165) is 23.3 Å². The van der Waals surface area contributed by atoms with Crippen LogP contribution in [0.15, 0.2) is 71.6 Å². The predicted molar refractivity (Wildman–Crippen MR) is 134 cm³/mol. The molecule has 0 atom stereocenters. The number of nitrogens with zero attached hydrogens (tertiary/aromatic N) is 2. The molecule has 12 heteroatoms. The molecular formula is C25H23ClF3N3O4S. The number of carbonyl (C=O) groups excluding carboxylic acids is 1. The Bertz CT molecular complexity index is 1370. The van der Waals surface area contributed by atoms with Crippen molar-refractivity contribution in [1.29, 1.82) is 5.26 Å². The van der Waals surface area contributed by atoms with Crippen LogP contribution in [-0.4, -0.2) is 37.5 Å². The maximum Gasteiger partial charge on any atom is 0.416 e. The Labute approximate surface area is 217 Å². The van der Waals surface area contributed by atoms with Gasteiger partial charge < -0.3 is 10.2 Å². The molecule has 0 aliphatic heterocycles. The number of urea groups is 1. The average Bonchev–Trinajstić information content (AvgIpc) is 2.82. The summed E-state index contributed by atoms with van der Waals surface area (Å²) in [4.78, 5) is 13.4. The van der Waals surface area contributed by atoms with Gasteiger partial charge in [-0.2, -0.15) is 26.9 Å². The number of alkyl halides is 3. The molecule has 37 heavy (non-hydrogen) atoms. The molecular weight excluding hydrogens is 531 g/mol. The van der Waals surface area contributed by atoms with E-state index in [-0.39, 0.29) is 15.6 Å². The number of hydrogen-bond donors (Lipinski definition) is 2. The molecule has 7 nitrogen and oxygen atoms in total. The van der Waals surface area contributed by atoms with Crippen LogP contribution in [0.3, 0.4) is 0 Å². The Morgan fingerprint density at radius 2 is 1.68 bits per heavy atom. The van der Waals surface area contributed by atoms with Gasteiger partial charge in [0.15, 0.2) is 0 Å². The lowest BCUT2D eigenvalue weighted by Gasteiger charge is -2.19. The fraction of sp³-hybridized carbons (Fsp3) is 0.200. The zero-order valence-electron chi connectivity index (χ0n) is 19.8. The number of likely N-dealkylation sites (N-methyl/N-ethyl adjacent to an activating group) is 1. The molecule has 0 heterocycles. The summed E-state index contributed by atoms with van der Waals surface area (Å²) in [6.45, 7) is 2.19. The third-order valence-corrected chi connectivity index (χ3v) is 6.05. The van der Waals surface area contributed by atoms with Gasteiger partial charge in [-0.1, -0.05) is 41.4 Å². The summed E-state index contributed by atoms with van der Waals surface area (Å²) in [6, 6.07) is 17.3. The lowest BCUT2D eigenvalue weighted by molar-refractivity contribution is -0.137. The van der Waals surface area contributed by atoms with Gasteiger partial charge in [-0.15, -0.1) is 0 Å². The highest BCUT2D eigenvalue weighted by Gasteiger charge is 2.31. The number of hydrogen-bond acceptors (Lipinski definition) is 4. The van der Waals surface area contributed by atoms with Crippen LogP contribution >= 0.6 is 11.6 Å². The molecule has 3 rings (SSSR count). The number of benzene rings is 3. The summed E-state index contributed by atoms with van der Waals surface area (Å²) in [5, 5.41) is 11.1. The van der Waals surface area contributed by atoms with E-state index in [1.165, 1.54) is 30.1 Å². The Balaban J connectivity index is 0.000000364. The molecule has 0 saturated carbocycles. The van der Waals surface area contributed by atoms with Crippen molar-refractivity contribution in [3.8, 4) is 6.07 Å². The van der Waals surface area contributed by atoms with E-state index in [0.29, 0.717) is 18.5 Å². The van der Waals surface area contributed by atoms with Crippen molar-refractivity contribution < 1.29 is 30.9 Å². The van der Waals surface area contributed by atoms with Crippen molar-refractivity contribution in [3.05, 3.63) is 94.0 Å². The van der Waals surface area contributed by atoms with Gasteiger partial charge in [-0.3, -0.25) is 4.55 Å². The predicted octanol–water partition coefficient (Wildman–Crippen LogP) is 6.18. The zero-order chi connectivity index (χ0) is 27.8. The van der Waals surface area contributed by atoms with Crippen LogP contribution in [-0.2, 0) is 22.7 Å². The summed E-state index contributed by atoms with van der Waals surface area (Å²) >= 11 is 5.70. The van der Waals surface area contributed by atoms with Crippen LogP contribution in [0.5, 0.6) is 0 Å². The summed E-state index contributed by atoms with van der Waals surface area (Å²) in [7, 11) is -2.48. The lowest BCUT2D eigenvalue weighted by Crippen LogP contribution is -2.33.